The van der Waals surface area contributed by atoms with Crippen LogP contribution >= 0.6 is 0 Å². The minimum absolute atomic E-state index is 0.496. The average Bonchev–Trinajstić information content (AvgIpc) is 2.51. The molecule has 5 atom stereocenters. The van der Waals surface area contributed by atoms with Crippen molar-refractivity contribution in [2.24, 2.45) is 4.99 Å². The molecule has 1 aromatic rings. The number of ether oxygens (including phenoxy) is 2. The van der Waals surface area contributed by atoms with Gasteiger partial charge in [-0.05, 0) is 29.8 Å². The molecule has 1 saturated heterocycles. The molecule has 0 saturated carbocycles. The molecule has 4 N–H and O–H groups in total. The third-order valence-electron chi connectivity index (χ3n) is 3.38. The number of nitrogens with zero attached hydrogens (tertiary/aromatic N) is 1. The van der Waals surface area contributed by atoms with Gasteiger partial charge in [0.1, 0.15) is 30.1 Å². The Kier molecular flexibility index (Phi) is 5.27. The lowest BCUT2D eigenvalue weighted by Crippen LogP contribution is -2.57. The van der Waals surface area contributed by atoms with Gasteiger partial charge in [-0.2, -0.15) is 0 Å². The molecule has 0 bridgehead atoms. The normalized spacial score (nSPS) is 33.3. The van der Waals surface area contributed by atoms with Crippen molar-refractivity contribution >= 4 is 6.21 Å². The monoisotopic (exact) mass is 297 g/mol. The Hall–Kier alpha value is -1.51. The van der Waals surface area contributed by atoms with Gasteiger partial charge in [-0.3, -0.25) is 4.99 Å². The first-order chi connectivity index (χ1) is 10.1. The van der Waals surface area contributed by atoms with Gasteiger partial charge < -0.3 is 29.9 Å². The van der Waals surface area contributed by atoms with Crippen molar-refractivity contribution < 1.29 is 29.9 Å². The van der Waals surface area contributed by atoms with E-state index in [1.54, 1.807) is 31.4 Å². The van der Waals surface area contributed by atoms with E-state index in [0.717, 1.165) is 5.56 Å². The lowest BCUT2D eigenvalue weighted by atomic mass is 9.97. The second-order valence-electron chi connectivity index (χ2n) is 4.77. The van der Waals surface area contributed by atoms with E-state index in [1.165, 1.54) is 6.21 Å². The predicted octanol–water partition coefficient (Wildman–Crippen LogP) is -1.09. The zero-order valence-corrected chi connectivity index (χ0v) is 11.5. The van der Waals surface area contributed by atoms with Crippen molar-refractivity contribution in [2.45, 2.75) is 30.6 Å². The maximum atomic E-state index is 9.93. The Morgan fingerprint density at radius 3 is 2.43 bits per heavy atom. The molecule has 0 radical (unpaired) electrons. The van der Waals surface area contributed by atoms with E-state index in [2.05, 4.69) is 4.99 Å². The number of hydrogen-bond acceptors (Lipinski definition) is 7. The first kappa shape index (κ1) is 15.9. The highest BCUT2D eigenvalue weighted by molar-refractivity contribution is 5.79. The fourth-order valence-corrected chi connectivity index (χ4v) is 2.11. The van der Waals surface area contributed by atoms with E-state index in [0.29, 0.717) is 5.75 Å². The fourth-order valence-electron chi connectivity index (χ4n) is 2.11. The van der Waals surface area contributed by atoms with Gasteiger partial charge >= 0.3 is 0 Å². The van der Waals surface area contributed by atoms with Gasteiger partial charge in [0.25, 0.3) is 0 Å². The largest absolute Gasteiger partial charge is 0.497 e. The topological polar surface area (TPSA) is 112 Å². The fraction of sp³-hybridized carbons (Fsp3) is 0.500. The van der Waals surface area contributed by atoms with Gasteiger partial charge in [0.2, 0.25) is 0 Å². The summed E-state index contributed by atoms with van der Waals surface area (Å²) in [6, 6.07) is 6.00. The molecular formula is C14H19NO6. The molecule has 0 amide bonds. The van der Waals surface area contributed by atoms with Crippen molar-refractivity contribution in [3.05, 3.63) is 29.8 Å². The SMILES string of the molecule is COc1ccc(C=NC2[C@H](O)OC(CO)[C@H](O)[C@@H]2O)cc1. The first-order valence-electron chi connectivity index (χ1n) is 6.54. The van der Waals surface area contributed by atoms with E-state index in [-0.39, 0.29) is 0 Å². The molecular weight excluding hydrogens is 278 g/mol. The number of hydrogen-bond donors (Lipinski definition) is 4. The number of aliphatic imine (C=N–C) groups is 1. The average molecular weight is 297 g/mol. The summed E-state index contributed by atoms with van der Waals surface area (Å²) in [4.78, 5) is 4.06. The predicted molar refractivity (Wildman–Crippen MR) is 74.4 cm³/mol. The lowest BCUT2D eigenvalue weighted by molar-refractivity contribution is -0.248. The summed E-state index contributed by atoms with van der Waals surface area (Å²) in [5.41, 5.74) is 0.744. The van der Waals surface area contributed by atoms with Gasteiger partial charge in [0.15, 0.2) is 6.29 Å². The van der Waals surface area contributed by atoms with E-state index in [9.17, 15) is 15.3 Å². The molecule has 2 rings (SSSR count). The van der Waals surface area contributed by atoms with Crippen LogP contribution < -0.4 is 4.74 Å². The minimum atomic E-state index is -1.39. The third-order valence-corrected chi connectivity index (χ3v) is 3.38. The van der Waals surface area contributed by atoms with Crippen LogP contribution in [0.25, 0.3) is 0 Å². The standard InChI is InChI=1S/C14H19NO6/c1-20-9-4-2-8(3-5-9)6-15-11-13(18)12(17)10(7-16)21-14(11)19/h2-6,10-14,16-19H,7H2,1H3/t10?,11?,12-,13+,14+/m0/s1. The zero-order chi connectivity index (χ0) is 15.4. The molecule has 0 aliphatic carbocycles. The zero-order valence-electron chi connectivity index (χ0n) is 11.5. The van der Waals surface area contributed by atoms with Crippen LogP contribution in [0.3, 0.4) is 0 Å². The Labute approximate surface area is 122 Å². The smallest absolute Gasteiger partial charge is 0.180 e. The van der Waals surface area contributed by atoms with Crippen molar-refractivity contribution in [1.29, 1.82) is 0 Å². The van der Waals surface area contributed by atoms with Gasteiger partial charge in [0, 0.05) is 6.21 Å². The minimum Gasteiger partial charge on any atom is -0.497 e. The molecule has 7 nitrogen and oxygen atoms in total. The first-order valence-corrected chi connectivity index (χ1v) is 6.54. The summed E-state index contributed by atoms with van der Waals surface area (Å²) in [7, 11) is 1.56. The van der Waals surface area contributed by atoms with Crippen LogP contribution in [-0.4, -0.2) is 71.0 Å². The number of rotatable bonds is 4. The number of benzene rings is 1. The molecule has 1 heterocycles. The van der Waals surface area contributed by atoms with Gasteiger partial charge in [-0.1, -0.05) is 0 Å². The van der Waals surface area contributed by atoms with E-state index >= 15 is 0 Å². The quantitative estimate of drug-likeness (QED) is 0.526. The maximum Gasteiger partial charge on any atom is 0.180 e. The summed E-state index contributed by atoms with van der Waals surface area (Å²) in [5, 5.41) is 38.5. The Morgan fingerprint density at radius 2 is 1.86 bits per heavy atom. The molecule has 1 aliphatic heterocycles. The molecule has 1 aliphatic rings. The molecule has 21 heavy (non-hydrogen) atoms. The molecule has 2 unspecified atom stereocenters. The summed E-state index contributed by atoms with van der Waals surface area (Å²) < 4.78 is 10.1. The highest BCUT2D eigenvalue weighted by atomic mass is 16.6. The van der Waals surface area contributed by atoms with E-state index in [4.69, 9.17) is 14.6 Å². The van der Waals surface area contributed by atoms with Crippen molar-refractivity contribution in [2.75, 3.05) is 13.7 Å². The maximum absolute atomic E-state index is 9.93. The van der Waals surface area contributed by atoms with Crippen LogP contribution in [0.15, 0.2) is 29.3 Å². The lowest BCUT2D eigenvalue weighted by Gasteiger charge is -2.38. The van der Waals surface area contributed by atoms with Crippen LogP contribution in [0, 0.1) is 0 Å². The van der Waals surface area contributed by atoms with Gasteiger partial charge in [-0.15, -0.1) is 0 Å². The molecule has 1 fully saturated rings. The van der Waals surface area contributed by atoms with E-state index in [1.807, 2.05) is 0 Å². The van der Waals surface area contributed by atoms with Crippen LogP contribution in [0.4, 0.5) is 0 Å². The Bertz CT molecular complexity index is 477. The second kappa shape index (κ2) is 6.97. The summed E-state index contributed by atoms with van der Waals surface area (Å²) in [5.74, 6) is 0.703. The van der Waals surface area contributed by atoms with Crippen molar-refractivity contribution in [3.8, 4) is 5.75 Å². The van der Waals surface area contributed by atoms with E-state index < -0.39 is 37.3 Å². The molecule has 0 aromatic heterocycles. The van der Waals surface area contributed by atoms with Crippen LogP contribution in [-0.2, 0) is 4.74 Å². The number of aliphatic hydroxyl groups is 4. The Morgan fingerprint density at radius 1 is 1.19 bits per heavy atom. The van der Waals surface area contributed by atoms with Crippen LogP contribution in [0.5, 0.6) is 5.75 Å². The highest BCUT2D eigenvalue weighted by Crippen LogP contribution is 2.22. The van der Waals surface area contributed by atoms with Crippen LogP contribution in [0.1, 0.15) is 5.56 Å². The Balaban J connectivity index is 2.08. The summed E-state index contributed by atoms with van der Waals surface area (Å²) in [6.45, 7) is -0.496. The number of aliphatic hydroxyl groups excluding tert-OH is 4. The van der Waals surface area contributed by atoms with Crippen molar-refractivity contribution in [3.63, 3.8) is 0 Å². The van der Waals surface area contributed by atoms with Crippen LogP contribution in [0.2, 0.25) is 0 Å². The molecule has 7 heteroatoms. The summed E-state index contributed by atoms with van der Waals surface area (Å²) in [6.07, 6.45) is -3.58. The van der Waals surface area contributed by atoms with Gasteiger partial charge in [0.05, 0.1) is 13.7 Å². The van der Waals surface area contributed by atoms with Gasteiger partial charge in [-0.25, -0.2) is 0 Å². The summed E-state index contributed by atoms with van der Waals surface area (Å²) >= 11 is 0. The molecule has 1 aromatic carbocycles. The highest BCUT2D eigenvalue weighted by Gasteiger charge is 2.43. The number of methoxy groups -OCH3 is 1. The molecule has 0 spiro atoms. The van der Waals surface area contributed by atoms with Crippen molar-refractivity contribution in [1.82, 2.24) is 0 Å². The third kappa shape index (κ3) is 3.58. The second-order valence-corrected chi connectivity index (χ2v) is 4.77. The molecule has 116 valence electrons.